The van der Waals surface area contributed by atoms with E-state index in [1.54, 1.807) is 6.92 Å². The fraction of sp³-hybridized carbons (Fsp3) is 0.143. The summed E-state index contributed by atoms with van der Waals surface area (Å²) in [6, 6.07) is 4.68. The number of hydrogen-bond acceptors (Lipinski definition) is 2. The van der Waals surface area contributed by atoms with Gasteiger partial charge in [0, 0.05) is 17.7 Å². The maximum absolute atomic E-state index is 13.7. The van der Waals surface area contributed by atoms with Crippen LogP contribution in [0.5, 0.6) is 5.75 Å². The van der Waals surface area contributed by atoms with Crippen LogP contribution in [-0.2, 0) is 0 Å². The number of hydrogen-bond donors (Lipinski definition) is 2. The van der Waals surface area contributed by atoms with Crippen molar-refractivity contribution in [2.75, 3.05) is 5.32 Å². The van der Waals surface area contributed by atoms with E-state index in [9.17, 15) is 13.2 Å². The van der Waals surface area contributed by atoms with Gasteiger partial charge < -0.3 is 10.4 Å². The first-order valence-electron chi connectivity index (χ1n) is 5.78. The zero-order chi connectivity index (χ0) is 14.9. The summed E-state index contributed by atoms with van der Waals surface area (Å²) < 4.78 is 40.3. The molecule has 0 spiro atoms. The van der Waals surface area contributed by atoms with Crippen LogP contribution in [0.15, 0.2) is 30.3 Å². The van der Waals surface area contributed by atoms with E-state index < -0.39 is 23.5 Å². The van der Waals surface area contributed by atoms with E-state index in [0.717, 1.165) is 12.1 Å². The van der Waals surface area contributed by atoms with Gasteiger partial charge in [-0.05, 0) is 19.1 Å². The number of phenolic OH excluding ortho intramolecular Hbond substituents is 1. The van der Waals surface area contributed by atoms with Crippen LogP contribution in [0.4, 0.5) is 18.9 Å². The van der Waals surface area contributed by atoms with Crippen LogP contribution in [0.2, 0.25) is 5.02 Å². The van der Waals surface area contributed by atoms with Crippen LogP contribution >= 0.6 is 11.6 Å². The van der Waals surface area contributed by atoms with Gasteiger partial charge in [-0.15, -0.1) is 0 Å². The fourth-order valence-corrected chi connectivity index (χ4v) is 2.09. The zero-order valence-electron chi connectivity index (χ0n) is 10.4. The van der Waals surface area contributed by atoms with Crippen molar-refractivity contribution in [2.45, 2.75) is 13.0 Å². The summed E-state index contributed by atoms with van der Waals surface area (Å²) in [5, 5.41) is 11.7. The Morgan fingerprint density at radius 3 is 2.40 bits per heavy atom. The number of rotatable bonds is 3. The minimum atomic E-state index is -0.860. The van der Waals surface area contributed by atoms with Crippen LogP contribution in [-0.4, -0.2) is 5.11 Å². The second kappa shape index (κ2) is 5.63. The van der Waals surface area contributed by atoms with Gasteiger partial charge >= 0.3 is 0 Å². The first kappa shape index (κ1) is 14.5. The van der Waals surface area contributed by atoms with Gasteiger partial charge in [-0.1, -0.05) is 17.7 Å². The van der Waals surface area contributed by atoms with E-state index >= 15 is 0 Å². The lowest BCUT2D eigenvalue weighted by atomic mass is 10.1. The van der Waals surface area contributed by atoms with Gasteiger partial charge in [0.1, 0.15) is 17.4 Å². The minimum Gasteiger partial charge on any atom is -0.508 e. The molecule has 20 heavy (non-hydrogen) atoms. The lowest BCUT2D eigenvalue weighted by molar-refractivity contribution is 0.467. The predicted octanol–water partition coefficient (Wildman–Crippen LogP) is 4.64. The van der Waals surface area contributed by atoms with E-state index in [2.05, 4.69) is 5.32 Å². The number of phenols is 1. The molecule has 2 aromatic carbocycles. The van der Waals surface area contributed by atoms with Crippen molar-refractivity contribution in [1.29, 1.82) is 0 Å². The first-order chi connectivity index (χ1) is 9.38. The van der Waals surface area contributed by atoms with Gasteiger partial charge in [0.25, 0.3) is 0 Å². The van der Waals surface area contributed by atoms with Crippen molar-refractivity contribution in [3.8, 4) is 5.75 Å². The Morgan fingerprint density at radius 2 is 1.80 bits per heavy atom. The summed E-state index contributed by atoms with van der Waals surface area (Å²) >= 11 is 5.76. The van der Waals surface area contributed by atoms with Crippen LogP contribution in [0.1, 0.15) is 18.5 Å². The molecule has 0 aliphatic heterocycles. The third kappa shape index (κ3) is 2.99. The summed E-state index contributed by atoms with van der Waals surface area (Å²) in [5.41, 5.74) is 0.121. The standard InChI is InChI=1S/C14H11ClF3NO/c1-7(10-3-2-9(20)6-12(10)17)19-14-11(15)4-8(16)5-13(14)18/h2-7,19-20H,1H3. The molecule has 0 aliphatic carbocycles. The monoisotopic (exact) mass is 301 g/mol. The first-order valence-corrected chi connectivity index (χ1v) is 6.15. The molecule has 1 atom stereocenters. The van der Waals surface area contributed by atoms with Crippen LogP contribution < -0.4 is 5.32 Å². The summed E-state index contributed by atoms with van der Waals surface area (Å²) in [5.74, 6) is -2.49. The Kier molecular flexibility index (Phi) is 4.09. The molecular weight excluding hydrogens is 291 g/mol. The Bertz CT molecular complexity index is 625. The second-order valence-electron chi connectivity index (χ2n) is 4.32. The predicted molar refractivity (Wildman–Crippen MR) is 71.5 cm³/mol. The molecular formula is C14H11ClF3NO. The molecule has 0 fully saturated rings. The van der Waals surface area contributed by atoms with Gasteiger partial charge in [0.15, 0.2) is 5.82 Å². The highest BCUT2D eigenvalue weighted by atomic mass is 35.5. The zero-order valence-corrected chi connectivity index (χ0v) is 11.2. The lowest BCUT2D eigenvalue weighted by Crippen LogP contribution is -2.10. The van der Waals surface area contributed by atoms with Crippen LogP contribution in [0, 0.1) is 17.5 Å². The molecule has 106 valence electrons. The SMILES string of the molecule is CC(Nc1c(F)cc(F)cc1Cl)c1ccc(O)cc1F. The highest BCUT2D eigenvalue weighted by Gasteiger charge is 2.16. The van der Waals surface area contributed by atoms with Gasteiger partial charge in [-0.2, -0.15) is 0 Å². The van der Waals surface area contributed by atoms with Crippen molar-refractivity contribution in [1.82, 2.24) is 0 Å². The van der Waals surface area contributed by atoms with Gasteiger partial charge in [0.2, 0.25) is 0 Å². The molecule has 0 aliphatic rings. The second-order valence-corrected chi connectivity index (χ2v) is 4.72. The van der Waals surface area contributed by atoms with Crippen molar-refractivity contribution >= 4 is 17.3 Å². The average Bonchev–Trinajstić information content (AvgIpc) is 2.33. The van der Waals surface area contributed by atoms with Gasteiger partial charge in [-0.3, -0.25) is 0 Å². The normalized spacial score (nSPS) is 12.2. The molecule has 0 heterocycles. The summed E-state index contributed by atoms with van der Waals surface area (Å²) in [4.78, 5) is 0. The number of halogens is 4. The molecule has 2 N–H and O–H groups in total. The minimum absolute atomic E-state index is 0.104. The Hall–Kier alpha value is -1.88. The van der Waals surface area contributed by atoms with E-state index in [1.165, 1.54) is 12.1 Å². The third-order valence-corrected chi connectivity index (χ3v) is 3.12. The maximum atomic E-state index is 13.7. The Balaban J connectivity index is 2.30. The summed E-state index contributed by atoms with van der Waals surface area (Å²) in [7, 11) is 0. The van der Waals surface area contributed by atoms with Crippen LogP contribution in [0.25, 0.3) is 0 Å². The number of aromatic hydroxyl groups is 1. The Labute approximate surface area is 118 Å². The number of benzene rings is 2. The van der Waals surface area contributed by atoms with Gasteiger partial charge in [0.05, 0.1) is 16.8 Å². The highest BCUT2D eigenvalue weighted by molar-refractivity contribution is 6.33. The number of anilines is 1. The third-order valence-electron chi connectivity index (χ3n) is 2.82. The summed E-state index contributed by atoms with van der Waals surface area (Å²) in [6.07, 6.45) is 0. The van der Waals surface area contributed by atoms with Gasteiger partial charge in [-0.25, -0.2) is 13.2 Å². The highest BCUT2D eigenvalue weighted by Crippen LogP contribution is 2.31. The lowest BCUT2D eigenvalue weighted by Gasteiger charge is -2.18. The molecule has 2 rings (SSSR count). The van der Waals surface area contributed by atoms with Crippen molar-refractivity contribution in [2.24, 2.45) is 0 Å². The molecule has 2 aromatic rings. The molecule has 0 saturated carbocycles. The molecule has 1 unspecified atom stereocenters. The molecule has 0 amide bonds. The van der Waals surface area contributed by atoms with E-state index in [-0.39, 0.29) is 22.0 Å². The Morgan fingerprint density at radius 1 is 1.10 bits per heavy atom. The smallest absolute Gasteiger partial charge is 0.150 e. The fourth-order valence-electron chi connectivity index (χ4n) is 1.84. The molecule has 2 nitrogen and oxygen atoms in total. The van der Waals surface area contributed by atoms with E-state index in [1.807, 2.05) is 0 Å². The molecule has 0 bridgehead atoms. The topological polar surface area (TPSA) is 32.3 Å². The van der Waals surface area contributed by atoms with E-state index in [4.69, 9.17) is 16.7 Å². The maximum Gasteiger partial charge on any atom is 0.150 e. The summed E-state index contributed by atoms with van der Waals surface area (Å²) in [6.45, 7) is 1.59. The van der Waals surface area contributed by atoms with Crippen LogP contribution in [0.3, 0.4) is 0 Å². The van der Waals surface area contributed by atoms with E-state index in [0.29, 0.717) is 6.07 Å². The molecule has 0 radical (unpaired) electrons. The van der Waals surface area contributed by atoms with Crippen molar-refractivity contribution in [3.05, 3.63) is 58.4 Å². The van der Waals surface area contributed by atoms with Crippen molar-refractivity contribution in [3.63, 3.8) is 0 Å². The average molecular weight is 302 g/mol. The quantitative estimate of drug-likeness (QED) is 0.866. The van der Waals surface area contributed by atoms with Crippen molar-refractivity contribution < 1.29 is 18.3 Å². The molecule has 0 aromatic heterocycles. The largest absolute Gasteiger partial charge is 0.508 e. The number of nitrogens with one attached hydrogen (secondary N) is 1. The molecule has 6 heteroatoms. The molecule has 0 saturated heterocycles.